The fraction of sp³-hybridized carbons (Fsp3) is 0.478. The van der Waals surface area contributed by atoms with Crippen LogP contribution in [0.5, 0.6) is 5.75 Å². The number of nitrogens with one attached hydrogen (secondary N) is 1. The fourth-order valence-electron chi connectivity index (χ4n) is 11.3. The first-order chi connectivity index (χ1) is 29.0. The molecule has 6 aliphatic rings. The van der Waals surface area contributed by atoms with Crippen LogP contribution in [0.4, 0.5) is 11.4 Å². The Morgan fingerprint density at radius 1 is 0.803 bits per heavy atom. The van der Waals surface area contributed by atoms with Gasteiger partial charge in [-0.1, -0.05) is 39.3 Å². The summed E-state index contributed by atoms with van der Waals surface area (Å²) < 4.78 is 6.49. The molecule has 1 aliphatic carbocycles. The lowest BCUT2D eigenvalue weighted by Crippen LogP contribution is -2.74. The zero-order chi connectivity index (χ0) is 43.2. The second-order valence-electron chi connectivity index (χ2n) is 18.7. The number of imide groups is 2. The highest BCUT2D eigenvalue weighted by atomic mass is 35.5. The predicted molar refractivity (Wildman–Crippen MR) is 226 cm³/mol. The lowest BCUT2D eigenvalue weighted by Gasteiger charge is -2.65. The first kappa shape index (κ1) is 40.9. The molecule has 1 saturated carbocycles. The third-order valence-corrected chi connectivity index (χ3v) is 14.4. The number of hydrogen-bond donors (Lipinski definition) is 2. The molecule has 3 saturated heterocycles. The Labute approximate surface area is 359 Å². The standard InChI is InChI=1S/C46H50ClN7O7/c1-44(2)42(45(3,4)43(44)61-31-8-5-27(24-48)35(47)23-31)53-25-28-21-29(6-9-32(28)39(53)57)52-19-17-50(18-20-52)26-46(60)13-15-51(16-14-46)30-7-10-33-34(22-30)41(59)54(40(33)58)36-11-12-37(55)49-38(36)56/h5-10,21-23,36,42-43,60H,11-20,25-26H2,1-4H3,(H,49,55,56)/t36?,42-,43-. The van der Waals surface area contributed by atoms with Gasteiger partial charge in [-0.2, -0.15) is 5.26 Å². The van der Waals surface area contributed by atoms with Gasteiger partial charge in [-0.25, -0.2) is 0 Å². The number of rotatable bonds is 8. The number of fused-ring (bicyclic) bond motifs is 2. The van der Waals surface area contributed by atoms with Crippen molar-refractivity contribution in [1.29, 1.82) is 5.26 Å². The Hall–Kier alpha value is -5.49. The van der Waals surface area contributed by atoms with Gasteiger partial charge in [-0.15, -0.1) is 0 Å². The normalized spacial score (nSPS) is 25.5. The zero-order valence-corrected chi connectivity index (χ0v) is 35.6. The summed E-state index contributed by atoms with van der Waals surface area (Å²) in [5.74, 6) is -1.47. The molecule has 1 atom stereocenters. The minimum absolute atomic E-state index is 0.0351. The van der Waals surface area contributed by atoms with Crippen molar-refractivity contribution in [3.05, 3.63) is 87.4 Å². The Balaban J connectivity index is 0.780. The number of carbonyl (C=O) groups excluding carboxylic acids is 5. The van der Waals surface area contributed by atoms with Crippen LogP contribution < -0.4 is 19.9 Å². The van der Waals surface area contributed by atoms with Gasteiger partial charge in [0, 0.05) is 98.7 Å². The number of β-amino-alcohol motifs (C(OH)–C–C–N with tert-alkyl or cyclic N) is 1. The smallest absolute Gasteiger partial charge is 0.262 e. The molecule has 3 aromatic carbocycles. The lowest BCUT2D eigenvalue weighted by molar-refractivity contribution is -0.199. The Kier molecular flexibility index (Phi) is 9.96. The number of halogens is 1. The number of piperidine rings is 2. The maximum atomic E-state index is 13.9. The highest BCUT2D eigenvalue weighted by Gasteiger charge is 2.67. The third-order valence-electron chi connectivity index (χ3n) is 14.0. The molecule has 61 heavy (non-hydrogen) atoms. The molecule has 14 nitrogen and oxygen atoms in total. The Bertz CT molecular complexity index is 2400. The quantitative estimate of drug-likeness (QED) is 0.304. The molecular weight excluding hydrogens is 798 g/mol. The van der Waals surface area contributed by atoms with Crippen molar-refractivity contribution in [2.75, 3.05) is 55.6 Å². The van der Waals surface area contributed by atoms with E-state index >= 15 is 0 Å². The summed E-state index contributed by atoms with van der Waals surface area (Å²) >= 11 is 6.30. The molecule has 0 spiro atoms. The molecule has 2 N–H and O–H groups in total. The van der Waals surface area contributed by atoms with Crippen molar-refractivity contribution in [2.24, 2.45) is 10.8 Å². The zero-order valence-electron chi connectivity index (χ0n) is 34.9. The predicted octanol–water partition coefficient (Wildman–Crippen LogP) is 4.60. The van der Waals surface area contributed by atoms with E-state index in [1.165, 1.54) is 0 Å². The average Bonchev–Trinajstić information content (AvgIpc) is 3.67. The van der Waals surface area contributed by atoms with Gasteiger partial charge in [-0.3, -0.25) is 39.1 Å². The maximum Gasteiger partial charge on any atom is 0.262 e. The van der Waals surface area contributed by atoms with Gasteiger partial charge in [0.25, 0.3) is 17.7 Å². The first-order valence-corrected chi connectivity index (χ1v) is 21.5. The first-order valence-electron chi connectivity index (χ1n) is 21.1. The van der Waals surface area contributed by atoms with Gasteiger partial charge in [-0.05, 0) is 73.4 Å². The van der Waals surface area contributed by atoms with Crippen LogP contribution in [0.25, 0.3) is 0 Å². The molecule has 9 rings (SSSR count). The number of hydrogen-bond acceptors (Lipinski definition) is 11. The van der Waals surface area contributed by atoms with Crippen LogP contribution in [0.1, 0.15) is 95.6 Å². The molecule has 5 heterocycles. The number of nitriles is 1. The van der Waals surface area contributed by atoms with Crippen molar-refractivity contribution in [2.45, 2.75) is 83.7 Å². The van der Waals surface area contributed by atoms with Crippen molar-refractivity contribution in [3.8, 4) is 11.8 Å². The van der Waals surface area contributed by atoms with Crippen molar-refractivity contribution in [1.82, 2.24) is 20.0 Å². The van der Waals surface area contributed by atoms with Gasteiger partial charge in [0.15, 0.2) is 0 Å². The van der Waals surface area contributed by atoms with Crippen LogP contribution in [-0.4, -0.2) is 119 Å². The van der Waals surface area contributed by atoms with Crippen LogP contribution in [0.15, 0.2) is 54.6 Å². The number of piperazine rings is 1. The summed E-state index contributed by atoms with van der Waals surface area (Å²) in [4.78, 5) is 74.4. The van der Waals surface area contributed by atoms with E-state index in [4.69, 9.17) is 16.3 Å². The van der Waals surface area contributed by atoms with E-state index in [1.807, 2.05) is 23.1 Å². The SMILES string of the molecule is CC1(C)[C@H](Oc2ccc(C#N)c(Cl)c2)C(C)(C)[C@H]1N1Cc2cc(N3CCN(CC4(O)CCN(c5ccc6c(c5)C(=O)N(C5CCC(=O)NC5=O)C6=O)CC4)CC3)ccc2C1=O. The summed E-state index contributed by atoms with van der Waals surface area (Å²) in [6, 6.07) is 17.4. The molecule has 15 heteroatoms. The molecule has 0 aromatic heterocycles. The van der Waals surface area contributed by atoms with E-state index in [0.717, 1.165) is 53.6 Å². The van der Waals surface area contributed by atoms with Crippen LogP contribution in [-0.2, 0) is 16.1 Å². The molecule has 5 aliphatic heterocycles. The van der Waals surface area contributed by atoms with Gasteiger partial charge < -0.3 is 24.5 Å². The van der Waals surface area contributed by atoms with E-state index < -0.39 is 35.3 Å². The van der Waals surface area contributed by atoms with E-state index in [-0.39, 0.29) is 52.9 Å². The molecule has 4 fully saturated rings. The van der Waals surface area contributed by atoms with Gasteiger partial charge in [0.2, 0.25) is 11.8 Å². The molecule has 318 valence electrons. The van der Waals surface area contributed by atoms with Crippen molar-refractivity contribution >= 4 is 52.5 Å². The summed E-state index contributed by atoms with van der Waals surface area (Å²) in [5, 5.41) is 23.6. The number of ether oxygens (including phenoxy) is 1. The summed E-state index contributed by atoms with van der Waals surface area (Å²) in [7, 11) is 0. The van der Waals surface area contributed by atoms with Gasteiger partial charge in [0.05, 0.1) is 27.3 Å². The Morgan fingerprint density at radius 3 is 2.10 bits per heavy atom. The summed E-state index contributed by atoms with van der Waals surface area (Å²) in [6.45, 7) is 14.0. The number of amides is 5. The monoisotopic (exact) mass is 847 g/mol. The number of carbonyl (C=O) groups is 5. The molecular formula is C46H50ClN7O7. The van der Waals surface area contributed by atoms with E-state index in [2.05, 4.69) is 59.8 Å². The second kappa shape index (κ2) is 14.9. The largest absolute Gasteiger partial charge is 0.489 e. The molecule has 0 radical (unpaired) electrons. The molecule has 1 unspecified atom stereocenters. The van der Waals surface area contributed by atoms with Gasteiger partial charge >= 0.3 is 0 Å². The highest BCUT2D eigenvalue weighted by Crippen LogP contribution is 2.59. The molecule has 3 aromatic rings. The number of aliphatic hydroxyl groups is 1. The molecule has 5 amide bonds. The van der Waals surface area contributed by atoms with Gasteiger partial charge in [0.1, 0.15) is 24.0 Å². The van der Waals surface area contributed by atoms with Crippen molar-refractivity contribution in [3.63, 3.8) is 0 Å². The minimum Gasteiger partial charge on any atom is -0.489 e. The third kappa shape index (κ3) is 6.91. The molecule has 0 bridgehead atoms. The van der Waals surface area contributed by atoms with Crippen molar-refractivity contribution < 1.29 is 33.8 Å². The summed E-state index contributed by atoms with van der Waals surface area (Å²) in [6.07, 6.45) is 1.07. The number of anilines is 2. The maximum absolute atomic E-state index is 13.9. The fourth-order valence-corrected chi connectivity index (χ4v) is 11.5. The van der Waals surface area contributed by atoms with Crippen LogP contribution in [0, 0.1) is 22.2 Å². The Morgan fingerprint density at radius 2 is 1.44 bits per heavy atom. The van der Waals surface area contributed by atoms with E-state index in [9.17, 15) is 34.3 Å². The highest BCUT2D eigenvalue weighted by molar-refractivity contribution is 6.31. The summed E-state index contributed by atoms with van der Waals surface area (Å²) in [5.41, 5.74) is 2.93. The van der Waals surface area contributed by atoms with E-state index in [1.54, 1.807) is 30.3 Å². The number of nitrogens with zero attached hydrogens (tertiary/aromatic N) is 6. The minimum atomic E-state index is -1.01. The van der Waals surface area contributed by atoms with Crippen LogP contribution in [0.3, 0.4) is 0 Å². The second-order valence-corrected chi connectivity index (χ2v) is 19.1. The number of benzene rings is 3. The van der Waals surface area contributed by atoms with Crippen LogP contribution >= 0.6 is 11.6 Å². The topological polar surface area (TPSA) is 167 Å². The van der Waals surface area contributed by atoms with E-state index in [0.29, 0.717) is 55.4 Å². The average molecular weight is 848 g/mol. The van der Waals surface area contributed by atoms with Crippen LogP contribution in [0.2, 0.25) is 5.02 Å². The lowest BCUT2D eigenvalue weighted by atomic mass is 9.49.